The zero-order chi connectivity index (χ0) is 25.7. The van der Waals surface area contributed by atoms with Gasteiger partial charge in [-0.05, 0) is 51.0 Å². The normalized spacial score (nSPS) is 16.8. The third kappa shape index (κ3) is 6.61. The molecule has 1 saturated heterocycles. The summed E-state index contributed by atoms with van der Waals surface area (Å²) < 4.78 is 37.1. The molecule has 1 heterocycles. The summed E-state index contributed by atoms with van der Waals surface area (Å²) >= 11 is 5.83. The SMILES string of the molecule is COC(=O)C(CCCN1C(=O)N(C)C(C)(C)C1=O)CS(=O)(=O)N(C)CCOc1ccc(Cl)cc1. The molecule has 10 nitrogen and oxygen atoms in total. The summed E-state index contributed by atoms with van der Waals surface area (Å²) in [4.78, 5) is 39.6. The number of hydrogen-bond donors (Lipinski definition) is 0. The molecular weight excluding hydrogens is 486 g/mol. The van der Waals surface area contributed by atoms with Crippen molar-refractivity contribution in [2.45, 2.75) is 32.2 Å². The lowest BCUT2D eigenvalue weighted by Crippen LogP contribution is -2.41. The topological polar surface area (TPSA) is 114 Å². The molecule has 190 valence electrons. The number of methoxy groups -OCH3 is 1. The second-order valence-electron chi connectivity index (χ2n) is 8.62. The van der Waals surface area contributed by atoms with Crippen molar-refractivity contribution in [2.75, 3.05) is 46.7 Å². The van der Waals surface area contributed by atoms with Gasteiger partial charge in [-0.2, -0.15) is 0 Å². The molecule has 1 unspecified atom stereocenters. The molecule has 0 bridgehead atoms. The summed E-state index contributed by atoms with van der Waals surface area (Å²) in [7, 11) is 0.356. The first kappa shape index (κ1) is 27.9. The van der Waals surface area contributed by atoms with Crippen LogP contribution in [0.15, 0.2) is 24.3 Å². The van der Waals surface area contributed by atoms with Crippen LogP contribution >= 0.6 is 11.6 Å². The van der Waals surface area contributed by atoms with Crippen LogP contribution in [0.1, 0.15) is 26.7 Å². The van der Waals surface area contributed by atoms with E-state index in [0.717, 1.165) is 9.21 Å². The van der Waals surface area contributed by atoms with E-state index >= 15 is 0 Å². The van der Waals surface area contributed by atoms with Crippen LogP contribution in [0.2, 0.25) is 5.02 Å². The summed E-state index contributed by atoms with van der Waals surface area (Å²) in [6, 6.07) is 6.27. The zero-order valence-electron chi connectivity index (χ0n) is 20.1. The Morgan fingerprint density at radius 3 is 2.35 bits per heavy atom. The number of urea groups is 1. The highest BCUT2D eigenvalue weighted by Gasteiger charge is 2.48. The standard InChI is InChI=1S/C22H32ClN3O7S/c1-22(2)20(28)26(21(29)25(22)4)12-6-7-16(19(27)32-5)15-34(30,31)24(3)13-14-33-18-10-8-17(23)9-11-18/h8-11,16H,6-7,12-15H2,1-5H3. The number of halogens is 1. The van der Waals surface area contributed by atoms with Gasteiger partial charge in [-0.15, -0.1) is 0 Å². The molecule has 3 amide bonds. The van der Waals surface area contributed by atoms with Gasteiger partial charge in [0.2, 0.25) is 10.0 Å². The number of ether oxygens (including phenoxy) is 2. The second kappa shape index (κ2) is 11.4. The molecule has 1 atom stereocenters. The average molecular weight is 518 g/mol. The van der Waals surface area contributed by atoms with Gasteiger partial charge in [-0.3, -0.25) is 14.5 Å². The maximum atomic E-state index is 12.8. The molecule has 0 spiro atoms. The Balaban J connectivity index is 1.92. The van der Waals surface area contributed by atoms with Gasteiger partial charge in [0, 0.05) is 32.2 Å². The summed E-state index contributed by atoms with van der Waals surface area (Å²) in [6.07, 6.45) is 0.405. The van der Waals surface area contributed by atoms with Crippen LogP contribution in [0.4, 0.5) is 4.79 Å². The Labute approximate surface area is 205 Å². The summed E-state index contributed by atoms with van der Waals surface area (Å²) in [6.45, 7) is 3.59. The number of imide groups is 1. The van der Waals surface area contributed by atoms with Crippen LogP contribution in [0.25, 0.3) is 0 Å². The van der Waals surface area contributed by atoms with Gasteiger partial charge in [-0.1, -0.05) is 11.6 Å². The van der Waals surface area contributed by atoms with E-state index < -0.39 is 39.2 Å². The lowest BCUT2D eigenvalue weighted by molar-refractivity contribution is -0.144. The van der Waals surface area contributed by atoms with Crippen LogP contribution in [0.3, 0.4) is 0 Å². The van der Waals surface area contributed by atoms with E-state index in [-0.39, 0.29) is 38.4 Å². The third-order valence-electron chi connectivity index (χ3n) is 5.97. The second-order valence-corrected chi connectivity index (χ2v) is 11.2. The minimum atomic E-state index is -3.80. The maximum absolute atomic E-state index is 12.8. The molecule has 1 fully saturated rings. The average Bonchev–Trinajstić information content (AvgIpc) is 2.93. The minimum absolute atomic E-state index is 0.0804. The van der Waals surface area contributed by atoms with Crippen molar-refractivity contribution in [2.24, 2.45) is 5.92 Å². The maximum Gasteiger partial charge on any atom is 0.327 e. The Hall–Kier alpha value is -2.37. The predicted octanol–water partition coefficient (Wildman–Crippen LogP) is 2.22. The molecular formula is C22H32ClN3O7S. The zero-order valence-corrected chi connectivity index (χ0v) is 21.7. The fourth-order valence-electron chi connectivity index (χ4n) is 3.45. The largest absolute Gasteiger partial charge is 0.492 e. The third-order valence-corrected chi connectivity index (χ3v) is 8.18. The van der Waals surface area contributed by atoms with Crippen LogP contribution in [0.5, 0.6) is 5.75 Å². The van der Waals surface area contributed by atoms with E-state index in [1.165, 1.54) is 19.1 Å². The Morgan fingerprint density at radius 2 is 1.82 bits per heavy atom. The van der Waals surface area contributed by atoms with E-state index in [2.05, 4.69) is 0 Å². The van der Waals surface area contributed by atoms with Gasteiger partial charge in [0.1, 0.15) is 17.9 Å². The van der Waals surface area contributed by atoms with E-state index in [1.807, 2.05) is 0 Å². The van der Waals surface area contributed by atoms with Gasteiger partial charge < -0.3 is 14.4 Å². The number of esters is 1. The van der Waals surface area contributed by atoms with Crippen molar-refractivity contribution < 1.29 is 32.3 Å². The van der Waals surface area contributed by atoms with Gasteiger partial charge >= 0.3 is 12.0 Å². The van der Waals surface area contributed by atoms with Crippen molar-refractivity contribution in [3.05, 3.63) is 29.3 Å². The number of carbonyl (C=O) groups excluding carboxylic acids is 3. The van der Waals surface area contributed by atoms with Crippen molar-refractivity contribution in [3.8, 4) is 5.75 Å². The van der Waals surface area contributed by atoms with Crippen LogP contribution < -0.4 is 4.74 Å². The monoisotopic (exact) mass is 517 g/mol. The number of rotatable bonds is 12. The molecule has 1 aliphatic rings. The first-order valence-electron chi connectivity index (χ1n) is 10.8. The Morgan fingerprint density at radius 1 is 1.21 bits per heavy atom. The molecule has 0 aromatic heterocycles. The van der Waals surface area contributed by atoms with Crippen LogP contribution in [-0.4, -0.2) is 92.6 Å². The summed E-state index contributed by atoms with van der Waals surface area (Å²) in [5, 5.41) is 0.565. The first-order chi connectivity index (χ1) is 15.8. The molecule has 1 aliphatic heterocycles. The highest BCUT2D eigenvalue weighted by atomic mass is 35.5. The number of carbonyl (C=O) groups is 3. The van der Waals surface area contributed by atoms with E-state index in [9.17, 15) is 22.8 Å². The number of nitrogens with zero attached hydrogens (tertiary/aromatic N) is 3. The van der Waals surface area contributed by atoms with Crippen molar-refractivity contribution in [1.82, 2.24) is 14.1 Å². The molecule has 1 aromatic carbocycles. The summed E-state index contributed by atoms with van der Waals surface area (Å²) in [5.74, 6) is -1.83. The predicted molar refractivity (Wildman–Crippen MR) is 127 cm³/mol. The molecule has 0 aliphatic carbocycles. The Bertz CT molecular complexity index is 998. The van der Waals surface area contributed by atoms with E-state index in [1.54, 1.807) is 45.2 Å². The van der Waals surface area contributed by atoms with Crippen molar-refractivity contribution >= 4 is 39.5 Å². The highest BCUT2D eigenvalue weighted by molar-refractivity contribution is 7.89. The number of likely N-dealkylation sites (N-methyl/N-ethyl adjacent to an activating group) is 2. The Kier molecular flexibility index (Phi) is 9.32. The van der Waals surface area contributed by atoms with E-state index in [0.29, 0.717) is 10.8 Å². The quantitative estimate of drug-likeness (QED) is 0.308. The smallest absolute Gasteiger partial charge is 0.327 e. The molecule has 0 N–H and O–H groups in total. The number of sulfonamides is 1. The fourth-order valence-corrected chi connectivity index (χ4v) is 5.00. The molecule has 1 aromatic rings. The summed E-state index contributed by atoms with van der Waals surface area (Å²) in [5.41, 5.74) is -0.945. The van der Waals surface area contributed by atoms with Crippen LogP contribution in [-0.2, 0) is 24.3 Å². The van der Waals surface area contributed by atoms with Gasteiger partial charge in [0.05, 0.1) is 18.8 Å². The molecule has 0 saturated carbocycles. The molecule has 0 radical (unpaired) electrons. The minimum Gasteiger partial charge on any atom is -0.492 e. The number of benzene rings is 1. The lowest BCUT2D eigenvalue weighted by atomic mass is 10.0. The van der Waals surface area contributed by atoms with E-state index in [4.69, 9.17) is 21.1 Å². The molecule has 34 heavy (non-hydrogen) atoms. The molecule has 2 rings (SSSR count). The van der Waals surface area contributed by atoms with Crippen LogP contribution in [0, 0.1) is 5.92 Å². The van der Waals surface area contributed by atoms with Gasteiger partial charge in [0.25, 0.3) is 5.91 Å². The van der Waals surface area contributed by atoms with Gasteiger partial charge in [-0.25, -0.2) is 17.5 Å². The van der Waals surface area contributed by atoms with Gasteiger partial charge in [0.15, 0.2) is 0 Å². The lowest BCUT2D eigenvalue weighted by Gasteiger charge is -2.22. The number of amides is 3. The fraction of sp³-hybridized carbons (Fsp3) is 0.591. The molecule has 12 heteroatoms. The first-order valence-corrected chi connectivity index (χ1v) is 12.8. The number of hydrogen-bond acceptors (Lipinski definition) is 7. The van der Waals surface area contributed by atoms with Crippen molar-refractivity contribution in [1.29, 1.82) is 0 Å². The highest BCUT2D eigenvalue weighted by Crippen LogP contribution is 2.26. The van der Waals surface area contributed by atoms with Crippen molar-refractivity contribution in [3.63, 3.8) is 0 Å².